The monoisotopic (exact) mass is 232 g/mol. The Balaban J connectivity index is 1.51. The molecule has 1 N–H and O–H groups in total. The van der Waals surface area contributed by atoms with Crippen LogP contribution in [0.1, 0.15) is 31.7 Å². The Morgan fingerprint density at radius 2 is 2.00 bits per heavy atom. The molecule has 2 bridgehead atoms. The van der Waals surface area contributed by atoms with Crippen molar-refractivity contribution in [2.45, 2.75) is 37.8 Å². The van der Waals surface area contributed by atoms with Gasteiger partial charge >= 0.3 is 0 Å². The summed E-state index contributed by atoms with van der Waals surface area (Å²) < 4.78 is 2.33. The first-order valence-corrected chi connectivity index (χ1v) is 6.92. The number of imidazole rings is 1. The molecule has 1 saturated carbocycles. The number of piperidine rings is 3. The Morgan fingerprint density at radius 1 is 1.18 bits per heavy atom. The lowest BCUT2D eigenvalue weighted by Crippen LogP contribution is -2.53. The molecule has 4 aliphatic rings. The van der Waals surface area contributed by atoms with E-state index < -0.39 is 0 Å². The summed E-state index contributed by atoms with van der Waals surface area (Å²) in [5.41, 5.74) is 0. The third-order valence-corrected chi connectivity index (χ3v) is 4.58. The molecule has 17 heavy (non-hydrogen) atoms. The van der Waals surface area contributed by atoms with Crippen molar-refractivity contribution in [3.63, 3.8) is 0 Å². The number of anilines is 1. The molecule has 4 nitrogen and oxygen atoms in total. The minimum atomic E-state index is 0.623. The number of nitrogens with one attached hydrogen (secondary N) is 1. The second-order valence-electron chi connectivity index (χ2n) is 5.78. The van der Waals surface area contributed by atoms with Crippen LogP contribution in [0.4, 0.5) is 5.95 Å². The van der Waals surface area contributed by atoms with E-state index in [1.165, 1.54) is 45.3 Å². The smallest absolute Gasteiger partial charge is 0.203 e. The lowest BCUT2D eigenvalue weighted by atomic mass is 9.84. The van der Waals surface area contributed by atoms with Crippen molar-refractivity contribution in [2.24, 2.45) is 5.92 Å². The minimum absolute atomic E-state index is 0.623. The fraction of sp³-hybridized carbons (Fsp3) is 0.769. The van der Waals surface area contributed by atoms with Gasteiger partial charge in [0.15, 0.2) is 0 Å². The number of hydrogen-bond acceptors (Lipinski definition) is 3. The van der Waals surface area contributed by atoms with Gasteiger partial charge in [0, 0.05) is 31.0 Å². The van der Waals surface area contributed by atoms with Crippen LogP contribution in [0, 0.1) is 5.92 Å². The van der Waals surface area contributed by atoms with Gasteiger partial charge in [-0.2, -0.15) is 0 Å². The number of fused-ring (bicyclic) bond motifs is 3. The van der Waals surface area contributed by atoms with Crippen LogP contribution in [0.15, 0.2) is 12.4 Å². The zero-order chi connectivity index (χ0) is 11.2. The van der Waals surface area contributed by atoms with Crippen LogP contribution in [0.2, 0.25) is 0 Å². The Kier molecular flexibility index (Phi) is 2.18. The molecular weight excluding hydrogens is 212 g/mol. The standard InChI is InChI=1S/C13H20N4/c1-2-11(1)17-8-5-14-13(17)15-12-9-16-6-3-10(12)4-7-16/h5,8,10-12H,1-4,6-7,9H2,(H,14,15). The molecular formula is C13H20N4. The van der Waals surface area contributed by atoms with Crippen molar-refractivity contribution < 1.29 is 0 Å². The molecule has 92 valence electrons. The van der Waals surface area contributed by atoms with Crippen LogP contribution in [0.25, 0.3) is 0 Å². The van der Waals surface area contributed by atoms with Gasteiger partial charge in [-0.3, -0.25) is 0 Å². The van der Waals surface area contributed by atoms with Crippen LogP contribution >= 0.6 is 0 Å². The molecule has 1 aliphatic carbocycles. The fourth-order valence-electron chi connectivity index (χ4n) is 3.37. The van der Waals surface area contributed by atoms with Crippen LogP contribution in [0.5, 0.6) is 0 Å². The van der Waals surface area contributed by atoms with E-state index in [0.29, 0.717) is 6.04 Å². The Hall–Kier alpha value is -1.03. The van der Waals surface area contributed by atoms with Crippen molar-refractivity contribution in [3.05, 3.63) is 12.4 Å². The van der Waals surface area contributed by atoms with Crippen LogP contribution in [-0.2, 0) is 0 Å². The van der Waals surface area contributed by atoms with Gasteiger partial charge in [0.25, 0.3) is 0 Å². The maximum atomic E-state index is 4.49. The van der Waals surface area contributed by atoms with E-state index in [1.807, 2.05) is 6.20 Å². The molecule has 1 unspecified atom stereocenters. The summed E-state index contributed by atoms with van der Waals surface area (Å²) in [4.78, 5) is 7.07. The molecule has 5 rings (SSSR count). The molecule has 4 heterocycles. The largest absolute Gasteiger partial charge is 0.351 e. The summed E-state index contributed by atoms with van der Waals surface area (Å²) in [5.74, 6) is 1.97. The SMILES string of the molecule is c1cn(C2CC2)c(NC2CN3CCC2CC3)n1. The highest BCUT2D eigenvalue weighted by molar-refractivity contribution is 5.30. The zero-order valence-corrected chi connectivity index (χ0v) is 10.2. The molecule has 0 spiro atoms. The summed E-state index contributed by atoms with van der Waals surface area (Å²) >= 11 is 0. The topological polar surface area (TPSA) is 33.1 Å². The normalized spacial score (nSPS) is 36.1. The van der Waals surface area contributed by atoms with Crippen molar-refractivity contribution in [2.75, 3.05) is 25.0 Å². The summed E-state index contributed by atoms with van der Waals surface area (Å²) in [6.07, 6.45) is 9.43. The maximum Gasteiger partial charge on any atom is 0.203 e. The maximum absolute atomic E-state index is 4.49. The van der Waals surface area contributed by atoms with E-state index in [4.69, 9.17) is 0 Å². The average Bonchev–Trinajstić information content (AvgIpc) is 3.12. The summed E-state index contributed by atoms with van der Waals surface area (Å²) in [5, 5.41) is 3.69. The van der Waals surface area contributed by atoms with Gasteiger partial charge in [0.05, 0.1) is 0 Å². The molecule has 0 radical (unpaired) electrons. The molecule has 0 aromatic carbocycles. The van der Waals surface area contributed by atoms with Gasteiger partial charge in [-0.25, -0.2) is 4.98 Å². The molecule has 3 aliphatic heterocycles. The van der Waals surface area contributed by atoms with Gasteiger partial charge in [0.2, 0.25) is 5.95 Å². The molecule has 1 aromatic rings. The van der Waals surface area contributed by atoms with Crippen molar-refractivity contribution in [1.82, 2.24) is 14.5 Å². The van der Waals surface area contributed by atoms with E-state index >= 15 is 0 Å². The van der Waals surface area contributed by atoms with Crippen molar-refractivity contribution in [1.29, 1.82) is 0 Å². The first kappa shape index (κ1) is 9.95. The third kappa shape index (κ3) is 1.75. The predicted octanol–water partition coefficient (Wildman–Crippen LogP) is 1.72. The highest BCUT2D eigenvalue weighted by Crippen LogP contribution is 2.37. The molecule has 4 heteroatoms. The molecule has 1 aromatic heterocycles. The quantitative estimate of drug-likeness (QED) is 0.861. The fourth-order valence-corrected chi connectivity index (χ4v) is 3.37. The minimum Gasteiger partial charge on any atom is -0.351 e. The van der Waals surface area contributed by atoms with Gasteiger partial charge in [-0.05, 0) is 44.7 Å². The van der Waals surface area contributed by atoms with Gasteiger partial charge in [-0.1, -0.05) is 0 Å². The van der Waals surface area contributed by atoms with E-state index in [2.05, 4.69) is 26.0 Å². The third-order valence-electron chi connectivity index (χ3n) is 4.58. The Bertz CT molecular complexity index is 401. The Morgan fingerprint density at radius 3 is 2.65 bits per heavy atom. The number of rotatable bonds is 3. The summed E-state index contributed by atoms with van der Waals surface area (Å²) in [6.45, 7) is 3.82. The van der Waals surface area contributed by atoms with Crippen LogP contribution in [0.3, 0.4) is 0 Å². The lowest BCUT2D eigenvalue weighted by Gasteiger charge is -2.45. The molecule has 1 atom stereocenters. The van der Waals surface area contributed by atoms with Crippen LogP contribution in [-0.4, -0.2) is 40.1 Å². The van der Waals surface area contributed by atoms with E-state index in [9.17, 15) is 0 Å². The Labute approximate surface area is 102 Å². The number of aromatic nitrogens is 2. The lowest BCUT2D eigenvalue weighted by molar-refractivity contribution is 0.0970. The molecule has 3 saturated heterocycles. The van der Waals surface area contributed by atoms with Crippen molar-refractivity contribution >= 4 is 5.95 Å². The molecule has 0 amide bonds. The van der Waals surface area contributed by atoms with Crippen molar-refractivity contribution in [3.8, 4) is 0 Å². The van der Waals surface area contributed by atoms with Gasteiger partial charge < -0.3 is 14.8 Å². The predicted molar refractivity (Wildman–Crippen MR) is 67.1 cm³/mol. The zero-order valence-electron chi connectivity index (χ0n) is 10.2. The highest BCUT2D eigenvalue weighted by atomic mass is 15.3. The molecule has 4 fully saturated rings. The summed E-state index contributed by atoms with van der Waals surface area (Å²) in [6, 6.07) is 1.35. The van der Waals surface area contributed by atoms with E-state index in [1.54, 1.807) is 0 Å². The average molecular weight is 232 g/mol. The second kappa shape index (κ2) is 3.73. The van der Waals surface area contributed by atoms with Gasteiger partial charge in [0.1, 0.15) is 0 Å². The first-order chi connectivity index (χ1) is 8.40. The van der Waals surface area contributed by atoms with E-state index in [-0.39, 0.29) is 0 Å². The summed E-state index contributed by atoms with van der Waals surface area (Å²) in [7, 11) is 0. The first-order valence-electron chi connectivity index (χ1n) is 6.92. The van der Waals surface area contributed by atoms with Gasteiger partial charge in [-0.15, -0.1) is 0 Å². The number of hydrogen-bond donors (Lipinski definition) is 1. The second-order valence-corrected chi connectivity index (χ2v) is 5.78. The van der Waals surface area contributed by atoms with Crippen LogP contribution < -0.4 is 5.32 Å². The highest BCUT2D eigenvalue weighted by Gasteiger charge is 2.35. The number of nitrogens with zero attached hydrogens (tertiary/aromatic N) is 3. The van der Waals surface area contributed by atoms with E-state index in [0.717, 1.165) is 17.9 Å².